The van der Waals surface area contributed by atoms with Crippen molar-refractivity contribution in [1.29, 1.82) is 0 Å². The maximum Gasteiger partial charge on any atom is 0.133 e. The summed E-state index contributed by atoms with van der Waals surface area (Å²) in [6.07, 6.45) is 2.72. The Morgan fingerprint density at radius 3 is 2.30 bits per heavy atom. The second kappa shape index (κ2) is 7.19. The van der Waals surface area contributed by atoms with Gasteiger partial charge in [-0.05, 0) is 68.8 Å². The van der Waals surface area contributed by atoms with Crippen molar-refractivity contribution in [3.05, 3.63) is 83.8 Å². The van der Waals surface area contributed by atoms with Crippen LogP contribution in [0.5, 0.6) is 0 Å². The molecule has 0 amide bonds. The molecule has 0 aliphatic heterocycles. The van der Waals surface area contributed by atoms with Crippen LogP contribution < -0.4 is 0 Å². The fourth-order valence-corrected chi connectivity index (χ4v) is 6.29. The average molecular weight is 487 g/mol. The summed E-state index contributed by atoms with van der Waals surface area (Å²) in [7, 11) is 0. The first-order chi connectivity index (χ1) is 17.5. The van der Waals surface area contributed by atoms with E-state index in [1.54, 1.807) is 6.07 Å². The van der Waals surface area contributed by atoms with Crippen molar-refractivity contribution in [3.63, 3.8) is 0 Å². The zero-order valence-corrected chi connectivity index (χ0v) is 22.3. The topological polar surface area (TPSA) is 17.3 Å². The lowest BCUT2D eigenvalue weighted by Crippen LogP contribution is -2.13. The lowest BCUT2D eigenvalue weighted by Gasteiger charge is -2.25. The molecular formula is C34H31FN2. The predicted octanol–water partition coefficient (Wildman–Crippen LogP) is 9.56. The van der Waals surface area contributed by atoms with Gasteiger partial charge in [-0.2, -0.15) is 0 Å². The first-order valence-corrected chi connectivity index (χ1v) is 13.1. The van der Waals surface area contributed by atoms with Crippen LogP contribution in [-0.4, -0.2) is 9.38 Å². The van der Waals surface area contributed by atoms with Gasteiger partial charge in [-0.25, -0.2) is 4.39 Å². The summed E-state index contributed by atoms with van der Waals surface area (Å²) in [5.74, 6) is -0.175. The average Bonchev–Trinajstić information content (AvgIpc) is 3.18. The van der Waals surface area contributed by atoms with Crippen molar-refractivity contribution in [2.24, 2.45) is 5.41 Å². The molecule has 0 bridgehead atoms. The molecule has 0 fully saturated rings. The number of pyridine rings is 2. The zero-order valence-electron chi connectivity index (χ0n) is 22.3. The fraction of sp³-hybridized carbons (Fsp3) is 0.265. The van der Waals surface area contributed by atoms with Crippen molar-refractivity contribution in [2.45, 2.75) is 53.4 Å². The SMILES string of the molecule is CC(C)(C)Cc1c2ccc(C(C)(C)C)cc2cc2c3nccc4cc(F)c5c6ccccc6n(c12)c5c43. The summed E-state index contributed by atoms with van der Waals surface area (Å²) >= 11 is 0. The van der Waals surface area contributed by atoms with Crippen LogP contribution in [0.3, 0.4) is 0 Å². The van der Waals surface area contributed by atoms with Crippen LogP contribution in [0.2, 0.25) is 0 Å². The molecule has 2 nitrogen and oxygen atoms in total. The van der Waals surface area contributed by atoms with Gasteiger partial charge < -0.3 is 4.40 Å². The van der Waals surface area contributed by atoms with E-state index in [-0.39, 0.29) is 16.6 Å². The minimum absolute atomic E-state index is 0.0550. The summed E-state index contributed by atoms with van der Waals surface area (Å²) in [6, 6.07) is 21.1. The third kappa shape index (κ3) is 3.13. The highest BCUT2D eigenvalue weighted by molar-refractivity contribution is 6.29. The summed E-state index contributed by atoms with van der Waals surface area (Å²) in [5.41, 5.74) is 6.82. The molecule has 4 aromatic carbocycles. The Morgan fingerprint density at radius 2 is 1.54 bits per heavy atom. The van der Waals surface area contributed by atoms with Gasteiger partial charge >= 0.3 is 0 Å². The smallest absolute Gasteiger partial charge is 0.133 e. The zero-order chi connectivity index (χ0) is 25.9. The first-order valence-electron chi connectivity index (χ1n) is 13.1. The highest BCUT2D eigenvalue weighted by atomic mass is 19.1. The Labute approximate surface area is 216 Å². The molecule has 0 N–H and O–H groups in total. The van der Waals surface area contributed by atoms with Crippen molar-refractivity contribution in [2.75, 3.05) is 0 Å². The number of aromatic nitrogens is 2. The number of halogens is 1. The second-order valence-corrected chi connectivity index (χ2v) is 12.9. The summed E-state index contributed by atoms with van der Waals surface area (Å²) in [4.78, 5) is 4.94. The molecule has 0 aliphatic carbocycles. The standard InChI is InChI=1S/C34H31FN2/c1-33(2,3)18-25-22-12-11-21(34(4,5)6)15-20(22)16-24-30-28-19(13-14-36-30)17-26(35)29-23-9-7-8-10-27(23)37(31(24)25)32(28)29/h7-17H,18H2,1-6H3. The van der Waals surface area contributed by atoms with Gasteiger partial charge in [-0.15, -0.1) is 0 Å². The molecule has 0 spiro atoms. The van der Waals surface area contributed by atoms with Crippen LogP contribution in [0, 0.1) is 11.2 Å². The van der Waals surface area contributed by atoms with Gasteiger partial charge in [0.2, 0.25) is 0 Å². The Balaban J connectivity index is 1.84. The van der Waals surface area contributed by atoms with Gasteiger partial charge in [0.25, 0.3) is 0 Å². The van der Waals surface area contributed by atoms with Crippen LogP contribution in [0.15, 0.2) is 66.9 Å². The van der Waals surface area contributed by atoms with E-state index in [4.69, 9.17) is 4.98 Å². The maximum absolute atomic E-state index is 15.7. The lowest BCUT2D eigenvalue weighted by molar-refractivity contribution is 0.413. The van der Waals surface area contributed by atoms with E-state index in [9.17, 15) is 0 Å². The molecule has 0 radical (unpaired) electrons. The van der Waals surface area contributed by atoms with E-state index in [1.165, 1.54) is 21.9 Å². The maximum atomic E-state index is 15.7. The molecule has 7 aromatic rings. The van der Waals surface area contributed by atoms with Crippen LogP contribution >= 0.6 is 0 Å². The third-order valence-electron chi connectivity index (χ3n) is 7.89. The molecule has 184 valence electrons. The van der Waals surface area contributed by atoms with Gasteiger partial charge in [-0.1, -0.05) is 77.9 Å². The molecule has 3 heterocycles. The predicted molar refractivity (Wildman–Crippen MR) is 156 cm³/mol. The molecule has 37 heavy (non-hydrogen) atoms. The van der Waals surface area contributed by atoms with Crippen molar-refractivity contribution >= 4 is 59.8 Å². The molecule has 0 aliphatic rings. The summed E-state index contributed by atoms with van der Waals surface area (Å²) in [5, 5.41) is 7.20. The number of hydrogen-bond acceptors (Lipinski definition) is 1. The Bertz CT molecular complexity index is 2030. The molecule has 7 rings (SSSR count). The van der Waals surface area contributed by atoms with Crippen LogP contribution in [0.25, 0.3) is 59.8 Å². The number of fused-ring (bicyclic) bond motifs is 7. The van der Waals surface area contributed by atoms with E-state index < -0.39 is 0 Å². The van der Waals surface area contributed by atoms with Crippen molar-refractivity contribution < 1.29 is 4.39 Å². The highest BCUT2D eigenvalue weighted by Gasteiger charge is 2.26. The van der Waals surface area contributed by atoms with Crippen LogP contribution in [-0.2, 0) is 11.8 Å². The summed E-state index contributed by atoms with van der Waals surface area (Å²) in [6.45, 7) is 13.7. The van der Waals surface area contributed by atoms with Gasteiger partial charge in [0, 0.05) is 27.7 Å². The van der Waals surface area contributed by atoms with E-state index in [1.807, 2.05) is 24.4 Å². The molecular weight excluding hydrogens is 455 g/mol. The van der Waals surface area contributed by atoms with Crippen molar-refractivity contribution in [3.8, 4) is 0 Å². The molecule has 0 saturated carbocycles. The Morgan fingerprint density at radius 1 is 0.757 bits per heavy atom. The molecule has 3 heteroatoms. The van der Waals surface area contributed by atoms with Gasteiger partial charge in [0.15, 0.2) is 0 Å². The minimum Gasteiger partial charge on any atom is -0.307 e. The van der Waals surface area contributed by atoms with Crippen LogP contribution in [0.4, 0.5) is 4.39 Å². The number of nitrogens with zero attached hydrogens (tertiary/aromatic N) is 2. The Kier molecular flexibility index (Phi) is 4.37. The third-order valence-corrected chi connectivity index (χ3v) is 7.89. The number of hydrogen-bond donors (Lipinski definition) is 0. The Hall–Kier alpha value is -3.72. The van der Waals surface area contributed by atoms with Gasteiger partial charge in [0.05, 0.1) is 22.1 Å². The largest absolute Gasteiger partial charge is 0.307 e. The first kappa shape index (κ1) is 22.5. The second-order valence-electron chi connectivity index (χ2n) is 12.9. The monoisotopic (exact) mass is 486 g/mol. The van der Waals surface area contributed by atoms with E-state index in [0.717, 1.165) is 50.0 Å². The highest BCUT2D eigenvalue weighted by Crippen LogP contribution is 2.45. The quantitative estimate of drug-likeness (QED) is 0.167. The van der Waals surface area contributed by atoms with Gasteiger partial charge in [0.1, 0.15) is 5.82 Å². The normalized spacial score (nSPS) is 13.4. The molecule has 0 saturated heterocycles. The summed E-state index contributed by atoms with van der Waals surface area (Å²) < 4.78 is 18.1. The number of rotatable bonds is 1. The number of para-hydroxylation sites is 1. The van der Waals surface area contributed by atoms with Gasteiger partial charge in [-0.3, -0.25) is 4.98 Å². The lowest BCUT2D eigenvalue weighted by atomic mass is 9.82. The molecule has 3 aromatic heterocycles. The van der Waals surface area contributed by atoms with E-state index >= 15 is 4.39 Å². The van der Waals surface area contributed by atoms with E-state index in [2.05, 4.69) is 82.3 Å². The fourth-order valence-electron chi connectivity index (χ4n) is 6.29. The molecule has 0 unspecified atom stereocenters. The number of benzene rings is 4. The van der Waals surface area contributed by atoms with Crippen molar-refractivity contribution in [1.82, 2.24) is 9.38 Å². The van der Waals surface area contributed by atoms with E-state index in [0.29, 0.717) is 5.39 Å². The molecule has 0 atom stereocenters. The minimum atomic E-state index is -0.175. The van der Waals surface area contributed by atoms with Crippen LogP contribution in [0.1, 0.15) is 52.7 Å².